The molecule has 1 aromatic heterocycles. The Hall–Kier alpha value is 0.01000. The van der Waals surface area contributed by atoms with E-state index in [-0.39, 0.29) is 0 Å². The van der Waals surface area contributed by atoms with Crippen molar-refractivity contribution < 1.29 is 0 Å². The van der Waals surface area contributed by atoms with Gasteiger partial charge < -0.3 is 4.90 Å². The topological polar surface area (TPSA) is 16.1 Å². The number of nitrogens with zero attached hydrogens (tertiary/aromatic N) is 2. The van der Waals surface area contributed by atoms with E-state index >= 15 is 0 Å². The first-order valence-corrected chi connectivity index (χ1v) is 6.47. The van der Waals surface area contributed by atoms with Crippen molar-refractivity contribution in [2.24, 2.45) is 0 Å². The van der Waals surface area contributed by atoms with Crippen molar-refractivity contribution in [2.75, 3.05) is 11.4 Å². The van der Waals surface area contributed by atoms with Crippen LogP contribution in [0.1, 0.15) is 24.6 Å². The van der Waals surface area contributed by atoms with Crippen molar-refractivity contribution in [1.29, 1.82) is 0 Å². The van der Waals surface area contributed by atoms with E-state index in [4.69, 9.17) is 23.2 Å². The zero-order valence-electron chi connectivity index (χ0n) is 7.96. The van der Waals surface area contributed by atoms with Gasteiger partial charge >= 0.3 is 0 Å². The summed E-state index contributed by atoms with van der Waals surface area (Å²) < 4.78 is 0. The van der Waals surface area contributed by atoms with Crippen LogP contribution in [0.2, 0.25) is 5.15 Å². The monoisotopic (exact) mass is 250 g/mol. The minimum atomic E-state index is 0.457. The van der Waals surface area contributed by atoms with Crippen LogP contribution in [0.25, 0.3) is 0 Å². The van der Waals surface area contributed by atoms with Gasteiger partial charge in [-0.3, -0.25) is 0 Å². The third-order valence-corrected chi connectivity index (χ3v) is 4.28. The summed E-state index contributed by atoms with van der Waals surface area (Å²) in [5.41, 5.74) is 0. The Morgan fingerprint density at radius 1 is 1.57 bits per heavy atom. The molecule has 1 saturated carbocycles. The van der Waals surface area contributed by atoms with Crippen molar-refractivity contribution in [1.82, 2.24) is 4.98 Å². The second-order valence-corrected chi connectivity index (χ2v) is 5.05. The number of hydrogen-bond acceptors (Lipinski definition) is 3. The summed E-state index contributed by atoms with van der Waals surface area (Å²) in [7, 11) is 0. The van der Waals surface area contributed by atoms with E-state index in [1.165, 1.54) is 12.8 Å². The van der Waals surface area contributed by atoms with E-state index in [1.54, 1.807) is 11.3 Å². The summed E-state index contributed by atoms with van der Waals surface area (Å²) in [6.45, 7) is 3.14. The molecule has 1 fully saturated rings. The average molecular weight is 251 g/mol. The first kappa shape index (κ1) is 10.5. The number of rotatable bonds is 4. The van der Waals surface area contributed by atoms with Gasteiger partial charge in [0.1, 0.15) is 5.15 Å². The zero-order valence-corrected chi connectivity index (χ0v) is 10.3. The maximum absolute atomic E-state index is 5.96. The van der Waals surface area contributed by atoms with Gasteiger partial charge in [0.2, 0.25) is 0 Å². The highest BCUT2D eigenvalue weighted by Crippen LogP contribution is 2.36. The van der Waals surface area contributed by atoms with Gasteiger partial charge in [0, 0.05) is 12.6 Å². The molecule has 78 valence electrons. The molecule has 5 heteroatoms. The molecule has 14 heavy (non-hydrogen) atoms. The summed E-state index contributed by atoms with van der Waals surface area (Å²) in [5, 5.41) is 1.59. The lowest BCUT2D eigenvalue weighted by Gasteiger charge is -2.18. The van der Waals surface area contributed by atoms with E-state index in [0.717, 1.165) is 16.6 Å². The fourth-order valence-corrected chi connectivity index (χ4v) is 3.07. The van der Waals surface area contributed by atoms with Gasteiger partial charge in [0.25, 0.3) is 0 Å². The quantitative estimate of drug-likeness (QED) is 0.761. The molecular formula is C9H12Cl2N2S. The fraction of sp³-hybridized carbons (Fsp3) is 0.667. The number of aromatic nitrogens is 1. The molecule has 1 aliphatic carbocycles. The molecule has 1 aliphatic rings. The Kier molecular flexibility index (Phi) is 3.20. The van der Waals surface area contributed by atoms with E-state index in [9.17, 15) is 0 Å². The largest absolute Gasteiger partial charge is 0.345 e. The van der Waals surface area contributed by atoms with E-state index in [2.05, 4.69) is 16.8 Å². The second kappa shape index (κ2) is 4.25. The van der Waals surface area contributed by atoms with Crippen LogP contribution in [0.3, 0.4) is 0 Å². The molecule has 0 N–H and O–H groups in total. The first-order valence-electron chi connectivity index (χ1n) is 4.74. The van der Waals surface area contributed by atoms with Crippen LogP contribution in [-0.4, -0.2) is 17.6 Å². The lowest BCUT2D eigenvalue weighted by atomic mass is 10.5. The van der Waals surface area contributed by atoms with E-state index < -0.39 is 0 Å². The van der Waals surface area contributed by atoms with Crippen LogP contribution in [-0.2, 0) is 5.88 Å². The maximum Gasteiger partial charge on any atom is 0.187 e. The molecular weight excluding hydrogens is 239 g/mol. The second-order valence-electron chi connectivity index (χ2n) is 3.36. The van der Waals surface area contributed by atoms with Gasteiger partial charge in [0.05, 0.1) is 10.8 Å². The van der Waals surface area contributed by atoms with Crippen LogP contribution < -0.4 is 4.90 Å². The third-order valence-electron chi connectivity index (χ3n) is 2.33. The maximum atomic E-state index is 5.96. The average Bonchev–Trinajstić information content (AvgIpc) is 2.92. The normalized spacial score (nSPS) is 15.9. The lowest BCUT2D eigenvalue weighted by molar-refractivity contribution is 0.821. The van der Waals surface area contributed by atoms with Crippen molar-refractivity contribution in [3.8, 4) is 0 Å². The van der Waals surface area contributed by atoms with Gasteiger partial charge in [-0.15, -0.1) is 11.6 Å². The Labute approximate surface area is 97.8 Å². The molecule has 0 unspecified atom stereocenters. The predicted molar refractivity (Wildman–Crippen MR) is 62.7 cm³/mol. The highest BCUT2D eigenvalue weighted by Gasteiger charge is 2.30. The molecule has 2 nitrogen and oxygen atoms in total. The molecule has 0 radical (unpaired) electrons. The van der Waals surface area contributed by atoms with Crippen LogP contribution in [0.5, 0.6) is 0 Å². The number of hydrogen-bond donors (Lipinski definition) is 0. The number of halogens is 2. The Morgan fingerprint density at radius 2 is 2.29 bits per heavy atom. The molecule has 0 saturated heterocycles. The molecule has 1 aromatic rings. The Bertz CT molecular complexity index is 323. The van der Waals surface area contributed by atoms with Gasteiger partial charge in [-0.1, -0.05) is 22.9 Å². The summed E-state index contributed by atoms with van der Waals surface area (Å²) >= 11 is 13.3. The Morgan fingerprint density at radius 3 is 2.71 bits per heavy atom. The molecule has 0 bridgehead atoms. The standard InChI is InChI=1S/C9H12Cl2N2S/c1-2-13(6-3-4-6)9-12-8(11)7(5-10)14-9/h6H,2-5H2,1H3. The molecule has 0 aliphatic heterocycles. The molecule has 2 rings (SSSR count). The lowest BCUT2D eigenvalue weighted by Crippen LogP contribution is -2.24. The fourth-order valence-electron chi connectivity index (χ4n) is 1.46. The molecule has 1 heterocycles. The van der Waals surface area contributed by atoms with Crippen LogP contribution in [0.15, 0.2) is 0 Å². The number of anilines is 1. The minimum Gasteiger partial charge on any atom is -0.345 e. The van der Waals surface area contributed by atoms with Crippen molar-refractivity contribution in [3.63, 3.8) is 0 Å². The highest BCUT2D eigenvalue weighted by atomic mass is 35.5. The predicted octanol–water partition coefficient (Wildman–Crippen LogP) is 3.52. The molecule has 0 aromatic carbocycles. The number of thiazole rings is 1. The highest BCUT2D eigenvalue weighted by molar-refractivity contribution is 7.16. The van der Waals surface area contributed by atoms with E-state index in [0.29, 0.717) is 17.1 Å². The SMILES string of the molecule is CCN(c1nc(Cl)c(CCl)s1)C1CC1. The van der Waals surface area contributed by atoms with Crippen LogP contribution in [0, 0.1) is 0 Å². The summed E-state index contributed by atoms with van der Waals surface area (Å²) in [6.07, 6.45) is 2.56. The smallest absolute Gasteiger partial charge is 0.187 e. The van der Waals surface area contributed by atoms with Crippen molar-refractivity contribution in [2.45, 2.75) is 31.7 Å². The summed E-state index contributed by atoms with van der Waals surface area (Å²) in [6, 6.07) is 0.686. The van der Waals surface area contributed by atoms with E-state index in [1.807, 2.05) is 0 Å². The van der Waals surface area contributed by atoms with Gasteiger partial charge in [-0.05, 0) is 19.8 Å². The van der Waals surface area contributed by atoms with Crippen LogP contribution in [0.4, 0.5) is 5.13 Å². The molecule has 0 atom stereocenters. The number of alkyl halides is 1. The molecule has 0 amide bonds. The Balaban J connectivity index is 2.20. The third kappa shape index (κ3) is 2.00. The summed E-state index contributed by atoms with van der Waals surface area (Å²) in [4.78, 5) is 7.63. The van der Waals surface area contributed by atoms with Crippen molar-refractivity contribution >= 4 is 39.7 Å². The van der Waals surface area contributed by atoms with Gasteiger partial charge in [0.15, 0.2) is 5.13 Å². The van der Waals surface area contributed by atoms with Crippen molar-refractivity contribution in [3.05, 3.63) is 10.0 Å². The van der Waals surface area contributed by atoms with Gasteiger partial charge in [-0.25, -0.2) is 4.98 Å². The first-order chi connectivity index (χ1) is 6.76. The van der Waals surface area contributed by atoms with Crippen LogP contribution >= 0.6 is 34.5 Å². The van der Waals surface area contributed by atoms with Gasteiger partial charge in [-0.2, -0.15) is 0 Å². The summed E-state index contributed by atoms with van der Waals surface area (Å²) in [5.74, 6) is 0.457. The molecule has 0 spiro atoms. The zero-order chi connectivity index (χ0) is 10.1. The minimum absolute atomic E-state index is 0.457.